The lowest BCUT2D eigenvalue weighted by Crippen LogP contribution is -2.22. The van der Waals surface area contributed by atoms with Gasteiger partial charge in [-0.15, -0.1) is 0 Å². The second kappa shape index (κ2) is 6.67. The minimum absolute atomic E-state index is 0.218. The van der Waals surface area contributed by atoms with Crippen LogP contribution in [0.25, 0.3) is 11.4 Å². The minimum atomic E-state index is 0.218. The number of rotatable bonds is 3. The van der Waals surface area contributed by atoms with Crippen molar-refractivity contribution in [3.8, 4) is 11.4 Å². The van der Waals surface area contributed by atoms with Gasteiger partial charge in [-0.3, -0.25) is 5.43 Å². The van der Waals surface area contributed by atoms with E-state index in [0.29, 0.717) is 0 Å². The summed E-state index contributed by atoms with van der Waals surface area (Å²) in [6.45, 7) is 0. The summed E-state index contributed by atoms with van der Waals surface area (Å²) < 4.78 is 3.14. The van der Waals surface area contributed by atoms with E-state index in [1.54, 1.807) is 0 Å². The Morgan fingerprint density at radius 2 is 1.70 bits per heavy atom. The van der Waals surface area contributed by atoms with Gasteiger partial charge in [0.1, 0.15) is 0 Å². The van der Waals surface area contributed by atoms with Crippen molar-refractivity contribution in [3.63, 3.8) is 0 Å². The van der Waals surface area contributed by atoms with Crippen molar-refractivity contribution >= 4 is 33.6 Å². The molecule has 2 aromatic carbocycles. The van der Waals surface area contributed by atoms with E-state index in [1.807, 2.05) is 48.7 Å². The van der Waals surface area contributed by atoms with Crippen LogP contribution >= 0.6 is 15.9 Å². The van der Waals surface area contributed by atoms with E-state index in [-0.39, 0.29) is 11.8 Å². The number of benzene rings is 2. The molecule has 0 radical (unpaired) electrons. The average molecular weight is 417 g/mol. The Labute approximate surface area is 166 Å². The van der Waals surface area contributed by atoms with Gasteiger partial charge in [-0.1, -0.05) is 70.6 Å². The van der Waals surface area contributed by atoms with Gasteiger partial charge >= 0.3 is 0 Å². The summed E-state index contributed by atoms with van der Waals surface area (Å²) in [7, 11) is 0. The Morgan fingerprint density at radius 3 is 2.52 bits per heavy atom. The lowest BCUT2D eigenvalue weighted by molar-refractivity contribution is 0.682. The topological polar surface area (TPSA) is 42.2 Å². The van der Waals surface area contributed by atoms with E-state index in [4.69, 9.17) is 4.98 Å². The molecular formula is C22H17BrN4. The lowest BCUT2D eigenvalue weighted by atomic mass is 9.85. The highest BCUT2D eigenvalue weighted by Crippen LogP contribution is 2.41. The third-order valence-electron chi connectivity index (χ3n) is 4.87. The first-order valence-corrected chi connectivity index (χ1v) is 9.69. The fraction of sp³-hybridized carbons (Fsp3) is 0.0909. The number of anilines is 1. The summed E-state index contributed by atoms with van der Waals surface area (Å²) in [5.74, 6) is 2.12. The van der Waals surface area contributed by atoms with Gasteiger partial charge in [0.05, 0.1) is 11.4 Å². The van der Waals surface area contributed by atoms with Gasteiger partial charge in [-0.2, -0.15) is 0 Å². The zero-order valence-corrected chi connectivity index (χ0v) is 16.0. The highest BCUT2D eigenvalue weighted by molar-refractivity contribution is 9.10. The molecule has 2 heterocycles. The van der Waals surface area contributed by atoms with Crippen LogP contribution < -0.4 is 5.43 Å². The summed E-state index contributed by atoms with van der Waals surface area (Å²) in [5, 5.41) is 0. The maximum atomic E-state index is 4.86. The number of aromatic nitrogens is 2. The maximum Gasteiger partial charge on any atom is 0.176 e. The van der Waals surface area contributed by atoms with Crippen LogP contribution in [0.5, 0.6) is 0 Å². The molecule has 5 rings (SSSR count). The molecule has 5 heteroatoms. The molecule has 0 spiro atoms. The van der Waals surface area contributed by atoms with Gasteiger partial charge < -0.3 is 0 Å². The highest BCUT2D eigenvalue weighted by Gasteiger charge is 2.32. The minimum Gasteiger partial charge on any atom is -0.293 e. The summed E-state index contributed by atoms with van der Waals surface area (Å²) >= 11 is 3.50. The molecule has 4 nitrogen and oxygen atoms in total. The molecule has 2 unspecified atom stereocenters. The predicted molar refractivity (Wildman–Crippen MR) is 113 cm³/mol. The summed E-state index contributed by atoms with van der Waals surface area (Å²) in [4.78, 5) is 9.51. The van der Waals surface area contributed by atoms with Crippen LogP contribution in [-0.4, -0.2) is 15.9 Å². The Hall–Kier alpha value is -2.92. The van der Waals surface area contributed by atoms with Gasteiger partial charge in [0.25, 0.3) is 0 Å². The first-order chi connectivity index (χ1) is 13.3. The molecule has 27 heavy (non-hydrogen) atoms. The number of imidazole rings is 1. The van der Waals surface area contributed by atoms with E-state index in [9.17, 15) is 0 Å². The largest absolute Gasteiger partial charge is 0.293 e. The number of hydrogen-bond donors (Lipinski definition) is 1. The van der Waals surface area contributed by atoms with Crippen molar-refractivity contribution in [1.82, 2.24) is 9.66 Å². The van der Waals surface area contributed by atoms with Crippen molar-refractivity contribution in [2.24, 2.45) is 10.9 Å². The Kier molecular flexibility index (Phi) is 4.02. The van der Waals surface area contributed by atoms with Gasteiger partial charge in [-0.05, 0) is 24.3 Å². The van der Waals surface area contributed by atoms with E-state index >= 15 is 0 Å². The molecule has 2 atom stereocenters. The first kappa shape index (κ1) is 16.3. The number of fused-ring (bicyclic) bond motifs is 3. The molecule has 1 N–H and O–H groups in total. The molecule has 0 fully saturated rings. The van der Waals surface area contributed by atoms with Crippen molar-refractivity contribution in [1.29, 1.82) is 0 Å². The first-order valence-electron chi connectivity index (χ1n) is 8.89. The number of halogens is 1. The molecule has 132 valence electrons. The third kappa shape index (κ3) is 2.94. The number of nitrogens with zero attached hydrogens (tertiary/aromatic N) is 3. The molecule has 1 aromatic heterocycles. The molecule has 2 aliphatic rings. The fourth-order valence-corrected chi connectivity index (χ4v) is 3.82. The zero-order chi connectivity index (χ0) is 18.2. The van der Waals surface area contributed by atoms with Crippen LogP contribution in [0.3, 0.4) is 0 Å². The standard InChI is InChI=1S/C22H17BrN4/c23-17-10-12-18(13-11-17)26-27-20-19-9-5-4-8-16(19)14-24-21(20)25-22(27)15-6-2-1-3-7-15/h1-14,16,19,26H. The van der Waals surface area contributed by atoms with Gasteiger partial charge in [-0.25, -0.2) is 14.7 Å². The van der Waals surface area contributed by atoms with E-state index in [1.165, 1.54) is 0 Å². The molecule has 0 amide bonds. The van der Waals surface area contributed by atoms with Crippen LogP contribution in [0, 0.1) is 5.92 Å². The van der Waals surface area contributed by atoms with Crippen molar-refractivity contribution in [3.05, 3.63) is 89.1 Å². The maximum absolute atomic E-state index is 4.86. The number of nitrogens with one attached hydrogen (secondary N) is 1. The third-order valence-corrected chi connectivity index (χ3v) is 5.40. The smallest absolute Gasteiger partial charge is 0.176 e. The van der Waals surface area contributed by atoms with E-state index in [2.05, 4.69) is 67.5 Å². The molecule has 0 saturated carbocycles. The summed E-state index contributed by atoms with van der Waals surface area (Å²) in [6, 6.07) is 18.4. The SMILES string of the molecule is Brc1ccc(Nn2c(-c3ccccc3)nc3c2C2C=CC=CC2C=N3)cc1. The van der Waals surface area contributed by atoms with Gasteiger partial charge in [0.2, 0.25) is 0 Å². The summed E-state index contributed by atoms with van der Waals surface area (Å²) in [5.41, 5.74) is 6.68. The Balaban J connectivity index is 1.68. The van der Waals surface area contributed by atoms with Crippen LogP contribution in [0.15, 0.2) is 88.4 Å². The van der Waals surface area contributed by atoms with E-state index in [0.717, 1.165) is 33.1 Å². The molecule has 0 saturated heterocycles. The van der Waals surface area contributed by atoms with Crippen LogP contribution in [0.2, 0.25) is 0 Å². The van der Waals surface area contributed by atoms with E-state index < -0.39 is 0 Å². The molecule has 3 aromatic rings. The number of hydrogen-bond acceptors (Lipinski definition) is 3. The van der Waals surface area contributed by atoms with Gasteiger partial charge in [0.15, 0.2) is 11.6 Å². The van der Waals surface area contributed by atoms with Crippen LogP contribution in [-0.2, 0) is 0 Å². The Bertz CT molecular complexity index is 1060. The molecule has 1 aliphatic heterocycles. The lowest BCUT2D eigenvalue weighted by Gasteiger charge is -2.26. The molecule has 0 bridgehead atoms. The van der Waals surface area contributed by atoms with Crippen molar-refractivity contribution in [2.45, 2.75) is 5.92 Å². The second-order valence-corrected chi connectivity index (χ2v) is 7.53. The molecule has 1 aliphatic carbocycles. The van der Waals surface area contributed by atoms with Crippen molar-refractivity contribution in [2.75, 3.05) is 5.43 Å². The highest BCUT2D eigenvalue weighted by atomic mass is 79.9. The second-order valence-electron chi connectivity index (χ2n) is 6.62. The van der Waals surface area contributed by atoms with Crippen molar-refractivity contribution < 1.29 is 0 Å². The summed E-state index contributed by atoms with van der Waals surface area (Å²) in [6.07, 6.45) is 10.6. The average Bonchev–Trinajstić information content (AvgIpc) is 3.09. The number of aliphatic imine (C=N–C) groups is 1. The van der Waals surface area contributed by atoms with Crippen LogP contribution in [0.1, 0.15) is 11.6 Å². The predicted octanol–water partition coefficient (Wildman–Crippen LogP) is 5.73. The van der Waals surface area contributed by atoms with Gasteiger partial charge in [0, 0.05) is 28.1 Å². The Morgan fingerprint density at radius 1 is 0.926 bits per heavy atom. The quantitative estimate of drug-likeness (QED) is 0.592. The number of allylic oxidation sites excluding steroid dienone is 4. The monoisotopic (exact) mass is 416 g/mol. The normalized spacial score (nSPS) is 19.6. The molecular weight excluding hydrogens is 400 g/mol. The fourth-order valence-electron chi connectivity index (χ4n) is 3.56. The van der Waals surface area contributed by atoms with Crippen LogP contribution in [0.4, 0.5) is 11.5 Å². The zero-order valence-electron chi connectivity index (χ0n) is 14.5.